The lowest BCUT2D eigenvalue weighted by Crippen LogP contribution is -2.60. The number of sulfone groups is 1. The van der Waals surface area contributed by atoms with Crippen LogP contribution in [0.4, 0.5) is 5.95 Å². The van der Waals surface area contributed by atoms with E-state index in [1.54, 1.807) is 13.0 Å². The Kier molecular flexibility index (Phi) is 6.20. The largest absolute Gasteiger partial charge is 0.477 e. The Labute approximate surface area is 177 Å². The molecule has 4 unspecified atom stereocenters. The van der Waals surface area contributed by atoms with Gasteiger partial charge in [0, 0.05) is 35.9 Å². The zero-order valence-corrected chi connectivity index (χ0v) is 18.5. The van der Waals surface area contributed by atoms with Crippen LogP contribution in [0.1, 0.15) is 32.6 Å². The van der Waals surface area contributed by atoms with Crippen molar-refractivity contribution in [1.82, 2.24) is 14.9 Å². The highest BCUT2D eigenvalue weighted by atomic mass is 35.5. The molecular formula is C19H29ClN4O4S. The molecule has 162 valence electrons. The fourth-order valence-electron chi connectivity index (χ4n) is 4.66. The van der Waals surface area contributed by atoms with Crippen molar-refractivity contribution in [2.75, 3.05) is 37.9 Å². The van der Waals surface area contributed by atoms with Crippen LogP contribution in [0.3, 0.4) is 0 Å². The molecule has 0 amide bonds. The van der Waals surface area contributed by atoms with Crippen LogP contribution in [-0.2, 0) is 14.6 Å². The molecule has 1 N–H and O–H groups in total. The Bertz CT molecular complexity index is 835. The highest BCUT2D eigenvalue weighted by molar-refractivity contribution is 7.92. The number of anilines is 1. The van der Waals surface area contributed by atoms with E-state index in [1.165, 1.54) is 0 Å². The van der Waals surface area contributed by atoms with Gasteiger partial charge < -0.3 is 14.8 Å². The molecule has 2 bridgehead atoms. The van der Waals surface area contributed by atoms with E-state index in [4.69, 9.17) is 21.1 Å². The normalized spacial score (nSPS) is 30.6. The van der Waals surface area contributed by atoms with Gasteiger partial charge in [0.25, 0.3) is 0 Å². The first-order valence-electron chi connectivity index (χ1n) is 10.3. The molecule has 0 radical (unpaired) electrons. The summed E-state index contributed by atoms with van der Waals surface area (Å²) in [5.41, 5.74) is 0. The fraction of sp³-hybridized carbons (Fsp3) is 0.789. The van der Waals surface area contributed by atoms with Gasteiger partial charge in [-0.05, 0) is 32.7 Å². The number of ether oxygens (including phenoxy) is 2. The molecule has 1 aromatic rings. The highest BCUT2D eigenvalue weighted by Crippen LogP contribution is 2.37. The van der Waals surface area contributed by atoms with E-state index in [2.05, 4.69) is 27.2 Å². The second-order valence-corrected chi connectivity index (χ2v) is 11.2. The van der Waals surface area contributed by atoms with Crippen molar-refractivity contribution in [1.29, 1.82) is 0 Å². The average molecular weight is 445 g/mol. The molecule has 1 aromatic heterocycles. The standard InChI is InChI=1S/C19H29ClN4O4S/c1-3-29(25,26)16-5-4-14-6-13(7-15(16)24(14)2)21-19-22-17(20)8-18(23-19)28-11-12-9-27-10-12/h8,12-16H,3-7,9-11H2,1-2H3,(H,21,22,23). The van der Waals surface area contributed by atoms with Gasteiger partial charge in [-0.2, -0.15) is 4.98 Å². The maximum Gasteiger partial charge on any atom is 0.227 e. The van der Waals surface area contributed by atoms with Crippen LogP contribution in [0, 0.1) is 5.92 Å². The zero-order chi connectivity index (χ0) is 20.6. The van der Waals surface area contributed by atoms with Gasteiger partial charge in [0.2, 0.25) is 11.8 Å². The molecule has 4 rings (SSSR count). The Morgan fingerprint density at radius 2 is 2.10 bits per heavy atom. The third-order valence-corrected chi connectivity index (χ3v) is 8.91. The predicted octanol–water partition coefficient (Wildman–Crippen LogP) is 2.00. The number of piperidine rings is 2. The number of halogens is 1. The van der Waals surface area contributed by atoms with E-state index >= 15 is 0 Å². The van der Waals surface area contributed by atoms with Crippen LogP contribution in [0.25, 0.3) is 0 Å². The van der Waals surface area contributed by atoms with Gasteiger partial charge in [-0.3, -0.25) is 4.90 Å². The lowest BCUT2D eigenvalue weighted by molar-refractivity contribution is -0.0514. The van der Waals surface area contributed by atoms with Crippen molar-refractivity contribution in [3.8, 4) is 5.88 Å². The lowest BCUT2D eigenvalue weighted by Gasteiger charge is -2.50. The van der Waals surface area contributed by atoms with Crippen molar-refractivity contribution < 1.29 is 17.9 Å². The van der Waals surface area contributed by atoms with Gasteiger partial charge in [-0.15, -0.1) is 0 Å². The summed E-state index contributed by atoms with van der Waals surface area (Å²) in [5.74, 6) is 1.46. The van der Waals surface area contributed by atoms with Gasteiger partial charge in [0.1, 0.15) is 5.15 Å². The van der Waals surface area contributed by atoms with Crippen LogP contribution in [0.15, 0.2) is 6.07 Å². The Morgan fingerprint density at radius 3 is 2.79 bits per heavy atom. The Morgan fingerprint density at radius 1 is 1.31 bits per heavy atom. The fourth-order valence-corrected chi connectivity index (χ4v) is 6.54. The molecule has 0 saturated carbocycles. The number of nitrogens with one attached hydrogen (secondary N) is 1. The van der Waals surface area contributed by atoms with E-state index in [1.807, 2.05) is 0 Å². The number of hydrogen-bond donors (Lipinski definition) is 1. The van der Waals surface area contributed by atoms with Gasteiger partial charge >= 0.3 is 0 Å². The molecule has 3 saturated heterocycles. The van der Waals surface area contributed by atoms with Gasteiger partial charge in [0.15, 0.2) is 9.84 Å². The first-order chi connectivity index (χ1) is 13.9. The topological polar surface area (TPSA) is 93.7 Å². The monoisotopic (exact) mass is 444 g/mol. The molecule has 4 atom stereocenters. The van der Waals surface area contributed by atoms with E-state index in [0.717, 1.165) is 25.7 Å². The number of aromatic nitrogens is 2. The van der Waals surface area contributed by atoms with E-state index in [0.29, 0.717) is 48.8 Å². The molecule has 0 aromatic carbocycles. The number of rotatable bonds is 7. The second-order valence-electron chi connectivity index (χ2n) is 8.33. The van der Waals surface area contributed by atoms with Crippen LogP contribution >= 0.6 is 11.6 Å². The van der Waals surface area contributed by atoms with Crippen molar-refractivity contribution in [2.24, 2.45) is 5.92 Å². The van der Waals surface area contributed by atoms with Gasteiger partial charge in [0.05, 0.1) is 25.1 Å². The van der Waals surface area contributed by atoms with Crippen molar-refractivity contribution in [3.63, 3.8) is 0 Å². The minimum absolute atomic E-state index is 0.0125. The summed E-state index contributed by atoms with van der Waals surface area (Å²) in [5, 5.41) is 3.40. The summed E-state index contributed by atoms with van der Waals surface area (Å²) < 4.78 is 36.1. The molecule has 0 aliphatic carbocycles. The predicted molar refractivity (Wildman–Crippen MR) is 111 cm³/mol. The van der Waals surface area contributed by atoms with E-state index in [-0.39, 0.29) is 23.1 Å². The number of fused-ring (bicyclic) bond motifs is 2. The minimum Gasteiger partial charge on any atom is -0.477 e. The maximum absolute atomic E-state index is 12.6. The third-order valence-electron chi connectivity index (χ3n) is 6.44. The van der Waals surface area contributed by atoms with Crippen LogP contribution in [0.5, 0.6) is 5.88 Å². The molecule has 10 heteroatoms. The minimum atomic E-state index is -3.08. The molecule has 8 nitrogen and oxygen atoms in total. The summed E-state index contributed by atoms with van der Waals surface area (Å²) >= 11 is 6.17. The zero-order valence-electron chi connectivity index (χ0n) is 16.9. The molecule has 0 spiro atoms. The average Bonchev–Trinajstić information content (AvgIpc) is 2.61. The van der Waals surface area contributed by atoms with Crippen LogP contribution < -0.4 is 10.1 Å². The highest BCUT2D eigenvalue weighted by Gasteiger charge is 2.45. The Balaban J connectivity index is 1.45. The Hall–Kier alpha value is -1.16. The first kappa shape index (κ1) is 21.1. The van der Waals surface area contributed by atoms with Crippen LogP contribution in [-0.4, -0.2) is 79.3 Å². The van der Waals surface area contributed by atoms with Gasteiger partial charge in [-0.1, -0.05) is 18.5 Å². The molecule has 3 aliphatic rings. The molecule has 3 fully saturated rings. The van der Waals surface area contributed by atoms with E-state index in [9.17, 15) is 8.42 Å². The lowest BCUT2D eigenvalue weighted by atomic mass is 9.82. The third kappa shape index (κ3) is 4.62. The summed E-state index contributed by atoms with van der Waals surface area (Å²) in [6, 6.07) is 2.09. The van der Waals surface area contributed by atoms with Crippen molar-refractivity contribution >= 4 is 27.4 Å². The second kappa shape index (κ2) is 8.53. The van der Waals surface area contributed by atoms with Gasteiger partial charge in [-0.25, -0.2) is 13.4 Å². The molecule has 4 heterocycles. The number of nitrogens with zero attached hydrogens (tertiary/aromatic N) is 3. The first-order valence-corrected chi connectivity index (χ1v) is 12.4. The maximum atomic E-state index is 12.6. The van der Waals surface area contributed by atoms with Crippen LogP contribution in [0.2, 0.25) is 5.15 Å². The summed E-state index contributed by atoms with van der Waals surface area (Å²) in [6.45, 7) is 3.70. The summed E-state index contributed by atoms with van der Waals surface area (Å²) in [4.78, 5) is 11.0. The summed E-state index contributed by atoms with van der Waals surface area (Å²) in [6.07, 6.45) is 3.31. The number of hydrogen-bond acceptors (Lipinski definition) is 8. The molecule has 3 aliphatic heterocycles. The van der Waals surface area contributed by atoms with Crippen molar-refractivity contribution in [3.05, 3.63) is 11.2 Å². The quantitative estimate of drug-likeness (QED) is 0.638. The molecular weight excluding hydrogens is 416 g/mol. The molecule has 29 heavy (non-hydrogen) atoms. The summed E-state index contributed by atoms with van der Waals surface area (Å²) in [7, 11) is -1.03. The SMILES string of the molecule is CCS(=O)(=O)C1CCC2CC(Nc3nc(Cl)cc(OCC4COC4)n3)CC1N2C. The smallest absolute Gasteiger partial charge is 0.227 e. The van der Waals surface area contributed by atoms with Crippen molar-refractivity contribution in [2.45, 2.75) is 56.0 Å². The van der Waals surface area contributed by atoms with E-state index < -0.39 is 9.84 Å².